The van der Waals surface area contributed by atoms with Crippen molar-refractivity contribution < 1.29 is 47.8 Å². The average molecular weight is 505 g/mol. The lowest BCUT2D eigenvalue weighted by molar-refractivity contribution is -0.278. The first-order chi connectivity index (χ1) is 17.0. The van der Waals surface area contributed by atoms with Crippen molar-refractivity contribution >= 4 is 41.1 Å². The minimum atomic E-state index is -1.43. The highest BCUT2D eigenvalue weighted by atomic mass is 16.8. The monoisotopic (exact) mass is 505 g/mol. The molecule has 2 amide bonds. The molecule has 1 saturated heterocycles. The second kappa shape index (κ2) is 11.2. The number of benzene rings is 1. The molecule has 3 rings (SSSR count). The van der Waals surface area contributed by atoms with E-state index in [0.717, 1.165) is 13.8 Å². The zero-order chi connectivity index (χ0) is 26.6. The van der Waals surface area contributed by atoms with Gasteiger partial charge >= 0.3 is 17.9 Å². The predicted octanol–water partition coefficient (Wildman–Crippen LogP) is 0.0398. The molecule has 0 radical (unpaired) electrons. The van der Waals surface area contributed by atoms with Gasteiger partial charge in [-0.05, 0) is 6.07 Å². The van der Waals surface area contributed by atoms with Crippen molar-refractivity contribution in [3.8, 4) is 0 Å². The molecule has 1 fully saturated rings. The van der Waals surface area contributed by atoms with Gasteiger partial charge in [0, 0.05) is 40.3 Å². The van der Waals surface area contributed by atoms with Crippen LogP contribution in [0.25, 0.3) is 0 Å². The molecule has 2 aliphatic rings. The summed E-state index contributed by atoms with van der Waals surface area (Å²) in [7, 11) is 1.58. The third-order valence-electron chi connectivity index (χ3n) is 5.35. The number of oxime groups is 1. The number of likely N-dealkylation sites (N-methyl/N-ethyl adjacent to an activating group) is 1. The molecule has 0 aromatic heterocycles. The summed E-state index contributed by atoms with van der Waals surface area (Å²) in [6.07, 6.45) is -5.16. The molecule has 1 aromatic carbocycles. The van der Waals surface area contributed by atoms with Gasteiger partial charge < -0.3 is 34.0 Å². The van der Waals surface area contributed by atoms with Gasteiger partial charge in [-0.1, -0.05) is 23.4 Å². The van der Waals surface area contributed by atoms with Gasteiger partial charge in [-0.25, -0.2) is 0 Å². The van der Waals surface area contributed by atoms with E-state index in [1.807, 2.05) is 0 Å². The smallest absolute Gasteiger partial charge is 0.303 e. The second-order valence-electron chi connectivity index (χ2n) is 8.15. The molecule has 0 unspecified atom stereocenters. The fraction of sp³-hybridized carbons (Fsp3) is 0.478. The predicted molar refractivity (Wildman–Crippen MR) is 121 cm³/mol. The maximum absolute atomic E-state index is 12.7. The number of fused-ring (bicyclic) bond motifs is 1. The minimum Gasteiger partial charge on any atom is -0.463 e. The molecule has 1 N–H and O–H groups in total. The van der Waals surface area contributed by atoms with Crippen molar-refractivity contribution in [2.24, 2.45) is 5.16 Å². The fourth-order valence-electron chi connectivity index (χ4n) is 3.92. The Morgan fingerprint density at radius 1 is 1.00 bits per heavy atom. The Bertz CT molecular complexity index is 1090. The van der Waals surface area contributed by atoms with Gasteiger partial charge in [-0.15, -0.1) is 0 Å². The van der Waals surface area contributed by atoms with Crippen molar-refractivity contribution in [2.45, 2.75) is 58.3 Å². The first-order valence-electron chi connectivity index (χ1n) is 11.0. The molecule has 2 aliphatic heterocycles. The van der Waals surface area contributed by atoms with Gasteiger partial charge in [-0.2, -0.15) is 0 Å². The molecule has 13 heteroatoms. The number of hydrogen-bond acceptors (Lipinski definition) is 11. The number of amides is 2. The van der Waals surface area contributed by atoms with E-state index in [4.69, 9.17) is 23.8 Å². The average Bonchev–Trinajstić information content (AvgIpc) is 3.03. The van der Waals surface area contributed by atoms with Crippen molar-refractivity contribution in [1.82, 2.24) is 5.32 Å². The van der Waals surface area contributed by atoms with Gasteiger partial charge in [0.2, 0.25) is 5.91 Å². The first kappa shape index (κ1) is 26.6. The van der Waals surface area contributed by atoms with Gasteiger partial charge in [0.1, 0.15) is 18.8 Å². The zero-order valence-electron chi connectivity index (χ0n) is 20.4. The van der Waals surface area contributed by atoms with Gasteiger partial charge in [-0.3, -0.25) is 24.0 Å². The number of carbonyl (C=O) groups excluding carboxylic acids is 5. The number of nitrogens with zero attached hydrogens (tertiary/aromatic N) is 2. The van der Waals surface area contributed by atoms with Crippen LogP contribution in [0.15, 0.2) is 29.4 Å². The van der Waals surface area contributed by atoms with Crippen molar-refractivity contribution in [3.05, 3.63) is 29.8 Å². The number of carbonyl (C=O) groups is 5. The highest BCUT2D eigenvalue weighted by Gasteiger charge is 2.52. The van der Waals surface area contributed by atoms with Crippen LogP contribution in [-0.2, 0) is 47.8 Å². The van der Waals surface area contributed by atoms with Crippen LogP contribution in [0.2, 0.25) is 0 Å². The summed E-state index contributed by atoms with van der Waals surface area (Å²) in [5.41, 5.74) is 1.12. The highest BCUT2D eigenvalue weighted by Crippen LogP contribution is 2.30. The summed E-state index contributed by atoms with van der Waals surface area (Å²) in [6.45, 7) is 4.26. The van der Waals surface area contributed by atoms with E-state index < -0.39 is 67.0 Å². The SMILES string of the molecule is CC(=O)N[C@@H]1[C@@H](O/N=C2\C(=O)N(C)c3ccccc32)O[C@@H](COC(C)=O)[C@@H](OC(C)=O)[C@H]1OC(C)=O. The summed E-state index contributed by atoms with van der Waals surface area (Å²) in [5, 5.41) is 6.56. The zero-order valence-corrected chi connectivity index (χ0v) is 20.4. The number of hydrogen-bond donors (Lipinski definition) is 1. The first-order valence-corrected chi connectivity index (χ1v) is 11.0. The number of para-hydroxylation sites is 1. The third-order valence-corrected chi connectivity index (χ3v) is 5.35. The van der Waals surface area contributed by atoms with Crippen molar-refractivity contribution in [3.63, 3.8) is 0 Å². The van der Waals surface area contributed by atoms with Gasteiger partial charge in [0.15, 0.2) is 17.9 Å². The summed E-state index contributed by atoms with van der Waals surface area (Å²) >= 11 is 0. The van der Waals surface area contributed by atoms with Gasteiger partial charge in [0.25, 0.3) is 12.2 Å². The molecule has 1 aromatic rings. The molecule has 194 valence electrons. The maximum Gasteiger partial charge on any atom is 0.303 e. The van der Waals surface area contributed by atoms with Crippen LogP contribution in [0.3, 0.4) is 0 Å². The Balaban J connectivity index is 1.99. The second-order valence-corrected chi connectivity index (χ2v) is 8.15. The van der Waals surface area contributed by atoms with Gasteiger partial charge in [0.05, 0.1) is 5.69 Å². The number of nitrogens with one attached hydrogen (secondary N) is 1. The molecule has 0 saturated carbocycles. The van der Waals surface area contributed by atoms with Crippen LogP contribution in [0.1, 0.15) is 33.3 Å². The van der Waals surface area contributed by atoms with E-state index in [-0.39, 0.29) is 5.71 Å². The van der Waals surface area contributed by atoms with Crippen molar-refractivity contribution in [2.75, 3.05) is 18.6 Å². The van der Waals surface area contributed by atoms with Crippen LogP contribution in [0.5, 0.6) is 0 Å². The van der Waals surface area contributed by atoms with E-state index in [1.165, 1.54) is 18.7 Å². The normalized spacial score (nSPS) is 26.1. The Morgan fingerprint density at radius 3 is 2.25 bits per heavy atom. The standard InChI is InChI=1S/C23H27N3O10/c1-11(27)24-19-21(34-14(4)30)20(33-13(3)29)17(10-32-12(2)28)35-23(19)36-25-18-15-8-6-7-9-16(15)26(5)22(18)31/h6-9,17,19-21,23H,10H2,1-5H3,(H,24,27)/b25-18-/t17-,19-,20+,21-,23+/m0/s1. The fourth-order valence-corrected chi connectivity index (χ4v) is 3.92. The lowest BCUT2D eigenvalue weighted by Gasteiger charge is -2.43. The van der Waals surface area contributed by atoms with E-state index >= 15 is 0 Å². The number of anilines is 1. The van der Waals surface area contributed by atoms with E-state index in [2.05, 4.69) is 10.5 Å². The molecule has 0 bridgehead atoms. The highest BCUT2D eigenvalue weighted by molar-refractivity contribution is 6.54. The summed E-state index contributed by atoms with van der Waals surface area (Å²) < 4.78 is 21.6. The van der Waals surface area contributed by atoms with Crippen LogP contribution >= 0.6 is 0 Å². The van der Waals surface area contributed by atoms with E-state index in [1.54, 1.807) is 31.3 Å². The molecule has 36 heavy (non-hydrogen) atoms. The summed E-state index contributed by atoms with van der Waals surface area (Å²) in [5.74, 6) is -3.08. The quantitative estimate of drug-likeness (QED) is 0.304. The van der Waals surface area contributed by atoms with Crippen LogP contribution in [-0.4, -0.2) is 79.7 Å². The Kier molecular flexibility index (Phi) is 8.25. The molecule has 5 atom stereocenters. The Labute approximate surface area is 206 Å². The van der Waals surface area contributed by atoms with E-state index in [0.29, 0.717) is 11.3 Å². The molecule has 13 nitrogen and oxygen atoms in total. The van der Waals surface area contributed by atoms with Crippen LogP contribution in [0, 0.1) is 0 Å². The Morgan fingerprint density at radius 2 is 1.64 bits per heavy atom. The van der Waals surface area contributed by atoms with Crippen LogP contribution in [0.4, 0.5) is 5.69 Å². The minimum absolute atomic E-state index is 0.0130. The third kappa shape index (κ3) is 5.97. The molecule has 2 heterocycles. The topological polar surface area (TPSA) is 159 Å². The summed E-state index contributed by atoms with van der Waals surface area (Å²) in [6, 6.07) is 5.71. The molecule has 0 aliphatic carbocycles. The van der Waals surface area contributed by atoms with Crippen LogP contribution < -0.4 is 10.2 Å². The lowest BCUT2D eigenvalue weighted by Crippen LogP contribution is -2.66. The number of ether oxygens (including phenoxy) is 4. The Hall–Kier alpha value is -4.00. The van der Waals surface area contributed by atoms with Crippen molar-refractivity contribution in [1.29, 1.82) is 0 Å². The largest absolute Gasteiger partial charge is 0.463 e. The maximum atomic E-state index is 12.7. The lowest BCUT2D eigenvalue weighted by atomic mass is 9.96. The summed E-state index contributed by atoms with van der Waals surface area (Å²) in [4.78, 5) is 66.9. The van der Waals surface area contributed by atoms with E-state index in [9.17, 15) is 24.0 Å². The molecular weight excluding hydrogens is 478 g/mol. The number of esters is 3. The molecular formula is C23H27N3O10. The number of rotatable bonds is 7. The molecule has 0 spiro atoms.